The molecule has 1 amide bonds. The number of carboxylic acid groups (broad SMARTS) is 1. The lowest BCUT2D eigenvalue weighted by molar-refractivity contribution is -0.142. The normalized spacial score (nSPS) is 12.4. The Morgan fingerprint density at radius 3 is 2.04 bits per heavy atom. The molecule has 0 radical (unpaired) electrons. The first-order valence-corrected chi connectivity index (χ1v) is 7.53. The van der Waals surface area contributed by atoms with E-state index in [0.717, 1.165) is 5.56 Å². The van der Waals surface area contributed by atoms with Crippen molar-refractivity contribution < 1.29 is 14.7 Å². The van der Waals surface area contributed by atoms with E-state index in [0.29, 0.717) is 5.56 Å². The molecule has 0 saturated heterocycles. The second kappa shape index (κ2) is 7.09. The molecule has 0 bridgehead atoms. The van der Waals surface area contributed by atoms with Crippen LogP contribution >= 0.6 is 0 Å². The summed E-state index contributed by atoms with van der Waals surface area (Å²) < 4.78 is 0. The van der Waals surface area contributed by atoms with E-state index in [1.807, 2.05) is 50.2 Å². The molecule has 0 aliphatic carbocycles. The van der Waals surface area contributed by atoms with Crippen LogP contribution in [-0.4, -0.2) is 17.0 Å². The van der Waals surface area contributed by atoms with E-state index in [4.69, 9.17) is 0 Å². The zero-order valence-electron chi connectivity index (χ0n) is 13.3. The number of nitrogens with one attached hydrogen (secondary N) is 1. The zero-order valence-corrected chi connectivity index (χ0v) is 13.3. The SMILES string of the molecule is CC(C)(CC(=O)N[C@H](C(=O)O)c1ccccc1)c1ccccc1. The number of carbonyl (C=O) groups excluding carboxylic acids is 1. The van der Waals surface area contributed by atoms with Gasteiger partial charge in [-0.05, 0) is 16.5 Å². The van der Waals surface area contributed by atoms with Crippen LogP contribution in [-0.2, 0) is 15.0 Å². The Kier molecular flexibility index (Phi) is 5.16. The van der Waals surface area contributed by atoms with Gasteiger partial charge in [0, 0.05) is 6.42 Å². The minimum Gasteiger partial charge on any atom is -0.479 e. The molecule has 0 aliphatic heterocycles. The van der Waals surface area contributed by atoms with Gasteiger partial charge < -0.3 is 10.4 Å². The smallest absolute Gasteiger partial charge is 0.330 e. The van der Waals surface area contributed by atoms with Crippen molar-refractivity contribution in [2.45, 2.75) is 31.7 Å². The molecule has 4 nitrogen and oxygen atoms in total. The van der Waals surface area contributed by atoms with Crippen LogP contribution < -0.4 is 5.32 Å². The van der Waals surface area contributed by atoms with Crippen molar-refractivity contribution >= 4 is 11.9 Å². The molecule has 0 unspecified atom stereocenters. The summed E-state index contributed by atoms with van der Waals surface area (Å²) in [5.74, 6) is -1.35. The Bertz CT molecular complexity index is 666. The summed E-state index contributed by atoms with van der Waals surface area (Å²) in [4.78, 5) is 23.8. The largest absolute Gasteiger partial charge is 0.479 e. The van der Waals surface area contributed by atoms with Gasteiger partial charge in [0.1, 0.15) is 0 Å². The third-order valence-corrected chi connectivity index (χ3v) is 3.84. The summed E-state index contributed by atoms with van der Waals surface area (Å²) in [6.45, 7) is 3.94. The summed E-state index contributed by atoms with van der Waals surface area (Å²) in [6.07, 6.45) is 0.216. The topological polar surface area (TPSA) is 66.4 Å². The van der Waals surface area contributed by atoms with Gasteiger partial charge in [0.25, 0.3) is 0 Å². The number of carboxylic acids is 1. The van der Waals surface area contributed by atoms with Gasteiger partial charge in [-0.1, -0.05) is 74.5 Å². The van der Waals surface area contributed by atoms with Crippen LogP contribution in [0.4, 0.5) is 0 Å². The van der Waals surface area contributed by atoms with Crippen LogP contribution in [0.2, 0.25) is 0 Å². The van der Waals surface area contributed by atoms with Crippen LogP contribution in [0.3, 0.4) is 0 Å². The second-order valence-corrected chi connectivity index (χ2v) is 6.18. The standard InChI is InChI=1S/C19H21NO3/c1-19(2,15-11-7-4-8-12-15)13-16(21)20-17(18(22)23)14-9-5-3-6-10-14/h3-12,17H,13H2,1-2H3,(H,20,21)(H,22,23)/t17-/m0/s1. The first kappa shape index (κ1) is 16.7. The van der Waals surface area contributed by atoms with Crippen molar-refractivity contribution in [3.63, 3.8) is 0 Å². The van der Waals surface area contributed by atoms with Gasteiger partial charge in [0.05, 0.1) is 0 Å². The Morgan fingerprint density at radius 2 is 1.52 bits per heavy atom. The maximum atomic E-state index is 12.3. The monoisotopic (exact) mass is 311 g/mol. The maximum Gasteiger partial charge on any atom is 0.330 e. The zero-order chi connectivity index (χ0) is 16.9. The Hall–Kier alpha value is -2.62. The number of hydrogen-bond donors (Lipinski definition) is 2. The quantitative estimate of drug-likeness (QED) is 0.860. The third kappa shape index (κ3) is 4.42. The van der Waals surface area contributed by atoms with Gasteiger partial charge >= 0.3 is 5.97 Å². The van der Waals surface area contributed by atoms with E-state index >= 15 is 0 Å². The maximum absolute atomic E-state index is 12.3. The molecule has 0 fully saturated rings. The number of amides is 1. The highest BCUT2D eigenvalue weighted by Gasteiger charge is 2.27. The van der Waals surface area contributed by atoms with Crippen molar-refractivity contribution in [2.75, 3.05) is 0 Å². The van der Waals surface area contributed by atoms with Crippen molar-refractivity contribution in [3.05, 3.63) is 71.8 Å². The van der Waals surface area contributed by atoms with E-state index in [1.165, 1.54) is 0 Å². The van der Waals surface area contributed by atoms with Crippen LogP contribution in [0.1, 0.15) is 37.4 Å². The minimum absolute atomic E-state index is 0.216. The first-order valence-electron chi connectivity index (χ1n) is 7.53. The van der Waals surface area contributed by atoms with Crippen LogP contribution in [0, 0.1) is 0 Å². The lowest BCUT2D eigenvalue weighted by Gasteiger charge is -2.25. The average Bonchev–Trinajstić information content (AvgIpc) is 2.53. The second-order valence-electron chi connectivity index (χ2n) is 6.18. The van der Waals surface area contributed by atoms with Gasteiger partial charge in [0.2, 0.25) is 5.91 Å². The molecule has 0 aromatic heterocycles. The van der Waals surface area contributed by atoms with Crippen LogP contribution in [0.5, 0.6) is 0 Å². The minimum atomic E-state index is -1.07. The van der Waals surface area contributed by atoms with E-state index in [9.17, 15) is 14.7 Å². The fourth-order valence-corrected chi connectivity index (χ4v) is 2.54. The highest BCUT2D eigenvalue weighted by molar-refractivity contribution is 5.85. The van der Waals surface area contributed by atoms with Gasteiger partial charge in [-0.2, -0.15) is 0 Å². The number of rotatable bonds is 6. The molecule has 23 heavy (non-hydrogen) atoms. The summed E-state index contributed by atoms with van der Waals surface area (Å²) in [6, 6.07) is 17.4. The average molecular weight is 311 g/mol. The molecule has 2 aromatic rings. The molecule has 4 heteroatoms. The number of aliphatic carboxylic acids is 1. The summed E-state index contributed by atoms with van der Waals surface area (Å²) in [5, 5.41) is 12.0. The molecule has 2 rings (SSSR count). The predicted octanol–water partition coefficient (Wildman–Crippen LogP) is 3.30. The third-order valence-electron chi connectivity index (χ3n) is 3.84. The molecule has 2 N–H and O–H groups in total. The molecular formula is C19H21NO3. The van der Waals surface area contributed by atoms with Crippen molar-refractivity contribution in [2.24, 2.45) is 0 Å². The molecule has 0 heterocycles. The van der Waals surface area contributed by atoms with Crippen LogP contribution in [0.15, 0.2) is 60.7 Å². The van der Waals surface area contributed by atoms with E-state index in [1.54, 1.807) is 24.3 Å². The lowest BCUT2D eigenvalue weighted by atomic mass is 9.81. The van der Waals surface area contributed by atoms with Crippen molar-refractivity contribution in [1.82, 2.24) is 5.32 Å². The molecular weight excluding hydrogens is 290 g/mol. The van der Waals surface area contributed by atoms with Crippen molar-refractivity contribution in [3.8, 4) is 0 Å². The number of carbonyl (C=O) groups is 2. The van der Waals surface area contributed by atoms with Crippen LogP contribution in [0.25, 0.3) is 0 Å². The highest BCUT2D eigenvalue weighted by atomic mass is 16.4. The van der Waals surface area contributed by atoms with E-state index in [-0.39, 0.29) is 17.7 Å². The van der Waals surface area contributed by atoms with Gasteiger partial charge in [-0.25, -0.2) is 4.79 Å². The molecule has 120 valence electrons. The Morgan fingerprint density at radius 1 is 1.00 bits per heavy atom. The Labute approximate surface area is 136 Å². The van der Waals surface area contributed by atoms with Crippen molar-refractivity contribution in [1.29, 1.82) is 0 Å². The highest BCUT2D eigenvalue weighted by Crippen LogP contribution is 2.27. The molecule has 1 atom stereocenters. The first-order chi connectivity index (χ1) is 10.9. The summed E-state index contributed by atoms with van der Waals surface area (Å²) >= 11 is 0. The Balaban J connectivity index is 2.10. The van der Waals surface area contributed by atoms with Gasteiger partial charge in [-0.3, -0.25) is 4.79 Å². The molecule has 0 aliphatic rings. The summed E-state index contributed by atoms with van der Waals surface area (Å²) in [5.41, 5.74) is 1.23. The van der Waals surface area contributed by atoms with E-state index in [2.05, 4.69) is 5.32 Å². The summed E-state index contributed by atoms with van der Waals surface area (Å²) in [7, 11) is 0. The fourth-order valence-electron chi connectivity index (χ4n) is 2.54. The molecule has 0 spiro atoms. The van der Waals surface area contributed by atoms with Gasteiger partial charge in [-0.15, -0.1) is 0 Å². The van der Waals surface area contributed by atoms with E-state index < -0.39 is 12.0 Å². The number of benzene rings is 2. The molecule has 2 aromatic carbocycles. The molecule has 0 saturated carbocycles. The fraction of sp³-hybridized carbons (Fsp3) is 0.263. The number of hydrogen-bond acceptors (Lipinski definition) is 2. The lowest BCUT2D eigenvalue weighted by Crippen LogP contribution is -2.37. The predicted molar refractivity (Wildman–Crippen MR) is 89.0 cm³/mol. The van der Waals surface area contributed by atoms with Gasteiger partial charge in [0.15, 0.2) is 6.04 Å².